The fourth-order valence-corrected chi connectivity index (χ4v) is 4.63. The van der Waals surface area contributed by atoms with Gasteiger partial charge in [0.25, 0.3) is 5.91 Å². The number of aryl methyl sites for hydroxylation is 3. The number of anilines is 1. The molecule has 31 heavy (non-hydrogen) atoms. The Bertz CT molecular complexity index is 1180. The summed E-state index contributed by atoms with van der Waals surface area (Å²) in [5, 5.41) is 0. The van der Waals surface area contributed by atoms with Gasteiger partial charge in [-0.2, -0.15) is 0 Å². The summed E-state index contributed by atoms with van der Waals surface area (Å²) in [6.45, 7) is 6.68. The molecule has 0 N–H and O–H groups in total. The minimum absolute atomic E-state index is 0.0852. The summed E-state index contributed by atoms with van der Waals surface area (Å²) < 4.78 is 6.44. The summed E-state index contributed by atoms with van der Waals surface area (Å²) in [6.07, 6.45) is 1.88. The number of benzene rings is 3. The molecule has 0 spiro atoms. The smallest absolute Gasteiger partial charge is 0.270 e. The van der Waals surface area contributed by atoms with Gasteiger partial charge in [0.15, 0.2) is 4.32 Å². The van der Waals surface area contributed by atoms with Crippen LogP contribution in [-0.4, -0.2) is 10.2 Å². The molecular weight excluding hydrogens is 422 g/mol. The molecular formula is C26H23NO2S2. The van der Waals surface area contributed by atoms with E-state index < -0.39 is 0 Å². The second-order valence-electron chi connectivity index (χ2n) is 7.63. The van der Waals surface area contributed by atoms with Crippen LogP contribution in [-0.2, 0) is 11.4 Å². The fourth-order valence-electron chi connectivity index (χ4n) is 3.34. The highest BCUT2D eigenvalue weighted by Crippen LogP contribution is 2.36. The van der Waals surface area contributed by atoms with Crippen LogP contribution >= 0.6 is 24.0 Å². The topological polar surface area (TPSA) is 29.5 Å². The molecule has 3 aromatic carbocycles. The van der Waals surface area contributed by atoms with Gasteiger partial charge in [-0.05, 0) is 73.4 Å². The first-order valence-corrected chi connectivity index (χ1v) is 11.3. The molecule has 0 aromatic heterocycles. The van der Waals surface area contributed by atoms with E-state index in [0.717, 1.165) is 28.1 Å². The zero-order chi connectivity index (χ0) is 22.0. The summed E-state index contributed by atoms with van der Waals surface area (Å²) >= 11 is 6.82. The van der Waals surface area contributed by atoms with Crippen molar-refractivity contribution in [1.82, 2.24) is 0 Å². The van der Waals surface area contributed by atoms with Crippen LogP contribution in [0.5, 0.6) is 5.75 Å². The summed E-state index contributed by atoms with van der Waals surface area (Å²) in [4.78, 5) is 15.2. The molecule has 1 amide bonds. The molecule has 4 rings (SSSR count). The van der Waals surface area contributed by atoms with Crippen LogP contribution in [0.25, 0.3) is 6.08 Å². The molecule has 0 saturated carbocycles. The summed E-state index contributed by atoms with van der Waals surface area (Å²) in [7, 11) is 0. The molecule has 1 aliphatic rings. The van der Waals surface area contributed by atoms with Crippen LogP contribution in [0.3, 0.4) is 0 Å². The Labute approximate surface area is 192 Å². The maximum Gasteiger partial charge on any atom is 0.270 e. The van der Waals surface area contributed by atoms with Crippen LogP contribution < -0.4 is 9.64 Å². The minimum Gasteiger partial charge on any atom is -0.489 e. The Kier molecular flexibility index (Phi) is 6.25. The van der Waals surface area contributed by atoms with E-state index in [4.69, 9.17) is 17.0 Å². The number of nitrogens with zero attached hydrogens (tertiary/aromatic N) is 1. The molecule has 0 bridgehead atoms. The maximum atomic E-state index is 13.0. The number of hydrogen-bond donors (Lipinski definition) is 0. The molecule has 3 aromatic rings. The highest BCUT2D eigenvalue weighted by molar-refractivity contribution is 8.27. The molecule has 5 heteroatoms. The number of carbonyl (C=O) groups is 1. The lowest BCUT2D eigenvalue weighted by Crippen LogP contribution is -2.27. The van der Waals surface area contributed by atoms with Gasteiger partial charge in [0.1, 0.15) is 12.4 Å². The van der Waals surface area contributed by atoms with Crippen molar-refractivity contribution in [2.45, 2.75) is 27.4 Å². The lowest BCUT2D eigenvalue weighted by atomic mass is 10.1. The number of hydrogen-bond acceptors (Lipinski definition) is 4. The molecule has 156 valence electrons. The first kappa shape index (κ1) is 21.3. The van der Waals surface area contributed by atoms with Gasteiger partial charge in [0.2, 0.25) is 0 Å². The van der Waals surface area contributed by atoms with Gasteiger partial charge in [-0.1, -0.05) is 72.0 Å². The van der Waals surface area contributed by atoms with Gasteiger partial charge < -0.3 is 4.74 Å². The van der Waals surface area contributed by atoms with E-state index in [2.05, 4.69) is 32.0 Å². The highest BCUT2D eigenvalue weighted by atomic mass is 32.2. The number of carbonyl (C=O) groups excluding carboxylic acids is 1. The third kappa shape index (κ3) is 4.89. The monoisotopic (exact) mass is 445 g/mol. The van der Waals surface area contributed by atoms with Crippen molar-refractivity contribution >= 4 is 46.0 Å². The van der Waals surface area contributed by atoms with Gasteiger partial charge in [0, 0.05) is 0 Å². The zero-order valence-corrected chi connectivity index (χ0v) is 19.3. The number of thioether (sulfide) groups is 1. The Morgan fingerprint density at radius 3 is 2.45 bits per heavy atom. The van der Waals surface area contributed by atoms with Gasteiger partial charge in [-0.3, -0.25) is 9.69 Å². The average Bonchev–Trinajstić information content (AvgIpc) is 3.02. The van der Waals surface area contributed by atoms with E-state index in [1.807, 2.05) is 61.5 Å². The van der Waals surface area contributed by atoms with Gasteiger partial charge in [-0.15, -0.1) is 0 Å². The lowest BCUT2D eigenvalue weighted by molar-refractivity contribution is -0.113. The quantitative estimate of drug-likeness (QED) is 0.327. The van der Waals surface area contributed by atoms with Crippen molar-refractivity contribution in [1.29, 1.82) is 0 Å². The molecule has 3 nitrogen and oxygen atoms in total. The Morgan fingerprint density at radius 2 is 1.74 bits per heavy atom. The minimum atomic E-state index is -0.0852. The van der Waals surface area contributed by atoms with Crippen LogP contribution in [0.15, 0.2) is 71.6 Å². The van der Waals surface area contributed by atoms with Crippen molar-refractivity contribution in [3.63, 3.8) is 0 Å². The second-order valence-corrected chi connectivity index (χ2v) is 9.31. The summed E-state index contributed by atoms with van der Waals surface area (Å²) in [5.41, 5.74) is 6.43. The van der Waals surface area contributed by atoms with Crippen molar-refractivity contribution in [3.05, 3.63) is 99.5 Å². The molecule has 0 radical (unpaired) electrons. The van der Waals surface area contributed by atoms with E-state index in [0.29, 0.717) is 15.8 Å². The van der Waals surface area contributed by atoms with Gasteiger partial charge in [-0.25, -0.2) is 0 Å². The van der Waals surface area contributed by atoms with Gasteiger partial charge >= 0.3 is 0 Å². The molecule has 1 aliphatic heterocycles. The third-order valence-electron chi connectivity index (χ3n) is 5.21. The molecule has 0 unspecified atom stereocenters. The van der Waals surface area contributed by atoms with Crippen LogP contribution in [0.1, 0.15) is 27.8 Å². The van der Waals surface area contributed by atoms with Crippen molar-refractivity contribution < 1.29 is 9.53 Å². The Balaban J connectivity index is 1.46. The number of thiocarbonyl (C=S) groups is 1. The standard InChI is InChI=1S/C26H23NO2S2/c1-17-5-4-6-21(13-17)16-29-23-11-8-20(9-12-23)15-24-25(28)27(26(30)31-24)22-10-7-18(2)19(3)14-22/h4-15H,16H2,1-3H3. The Hall–Kier alpha value is -2.89. The number of amides is 1. The first-order chi connectivity index (χ1) is 14.9. The SMILES string of the molecule is Cc1cccc(COc2ccc(C=C3SC(=S)N(c4ccc(C)c(C)c4)C3=O)cc2)c1. The van der Waals surface area contributed by atoms with E-state index in [1.165, 1.54) is 22.9 Å². The van der Waals surface area contributed by atoms with Crippen molar-refractivity contribution in [2.24, 2.45) is 0 Å². The molecule has 0 atom stereocenters. The summed E-state index contributed by atoms with van der Waals surface area (Å²) in [6, 6.07) is 22.0. The molecule has 1 saturated heterocycles. The number of ether oxygens (including phenoxy) is 1. The molecule has 1 fully saturated rings. The number of rotatable bonds is 5. The van der Waals surface area contributed by atoms with Crippen LogP contribution in [0, 0.1) is 20.8 Å². The lowest BCUT2D eigenvalue weighted by Gasteiger charge is -2.15. The fraction of sp³-hybridized carbons (Fsp3) is 0.154. The van der Waals surface area contributed by atoms with Crippen LogP contribution in [0.4, 0.5) is 5.69 Å². The first-order valence-electron chi connectivity index (χ1n) is 10.0. The second kappa shape index (κ2) is 9.08. The normalized spacial score (nSPS) is 15.1. The largest absolute Gasteiger partial charge is 0.489 e. The third-order valence-corrected chi connectivity index (χ3v) is 6.51. The maximum absolute atomic E-state index is 13.0. The van der Waals surface area contributed by atoms with Crippen LogP contribution in [0.2, 0.25) is 0 Å². The molecule has 1 heterocycles. The predicted molar refractivity (Wildman–Crippen MR) is 134 cm³/mol. The van der Waals surface area contributed by atoms with Crippen molar-refractivity contribution in [3.8, 4) is 5.75 Å². The Morgan fingerprint density at radius 1 is 0.968 bits per heavy atom. The average molecular weight is 446 g/mol. The van der Waals surface area contributed by atoms with E-state index in [1.54, 1.807) is 4.90 Å². The van der Waals surface area contributed by atoms with E-state index in [9.17, 15) is 4.79 Å². The van der Waals surface area contributed by atoms with E-state index >= 15 is 0 Å². The predicted octanol–water partition coefficient (Wildman–Crippen LogP) is 6.60. The van der Waals surface area contributed by atoms with Crippen molar-refractivity contribution in [2.75, 3.05) is 4.90 Å². The zero-order valence-electron chi connectivity index (χ0n) is 17.7. The molecule has 0 aliphatic carbocycles. The highest BCUT2D eigenvalue weighted by Gasteiger charge is 2.33. The summed E-state index contributed by atoms with van der Waals surface area (Å²) in [5.74, 6) is 0.708. The van der Waals surface area contributed by atoms with Gasteiger partial charge in [0.05, 0.1) is 10.6 Å². The van der Waals surface area contributed by atoms with E-state index in [-0.39, 0.29) is 5.91 Å².